The Balaban J connectivity index is 2.82. The Bertz CT molecular complexity index is 351. The summed E-state index contributed by atoms with van der Waals surface area (Å²) in [6.45, 7) is 9.42. The lowest BCUT2D eigenvalue weighted by atomic mass is 9.95. The predicted molar refractivity (Wildman–Crippen MR) is 69.3 cm³/mol. The van der Waals surface area contributed by atoms with Crippen molar-refractivity contribution in [3.05, 3.63) is 28.3 Å². The maximum absolute atomic E-state index is 5.96. The first-order chi connectivity index (χ1) is 7.35. The number of rotatable bonds is 4. The zero-order valence-corrected chi connectivity index (χ0v) is 11.2. The monoisotopic (exact) mass is 241 g/mol. The van der Waals surface area contributed by atoms with Gasteiger partial charge in [-0.3, -0.25) is 0 Å². The summed E-state index contributed by atoms with van der Waals surface area (Å²) in [5.41, 5.74) is 7.80. The lowest BCUT2D eigenvalue weighted by molar-refractivity contribution is 0.185. The fourth-order valence-corrected chi connectivity index (χ4v) is 1.78. The van der Waals surface area contributed by atoms with Gasteiger partial charge >= 0.3 is 0 Å². The van der Waals surface area contributed by atoms with Gasteiger partial charge in [-0.15, -0.1) is 0 Å². The zero-order valence-electron chi connectivity index (χ0n) is 10.4. The van der Waals surface area contributed by atoms with E-state index in [2.05, 4.69) is 13.8 Å². The molecule has 90 valence electrons. The second-order valence-electron chi connectivity index (χ2n) is 5.03. The molecule has 0 unspecified atom stereocenters. The highest BCUT2D eigenvalue weighted by atomic mass is 35.5. The summed E-state index contributed by atoms with van der Waals surface area (Å²) in [5.74, 6) is 0.922. The van der Waals surface area contributed by atoms with Crippen LogP contribution in [0.5, 0.6) is 5.75 Å². The van der Waals surface area contributed by atoms with Gasteiger partial charge < -0.3 is 10.5 Å². The maximum Gasteiger partial charge on any atom is 0.125 e. The van der Waals surface area contributed by atoms with E-state index in [9.17, 15) is 0 Å². The minimum Gasteiger partial charge on any atom is -0.492 e. The third-order valence-electron chi connectivity index (χ3n) is 2.58. The van der Waals surface area contributed by atoms with Crippen LogP contribution in [0.2, 0.25) is 5.02 Å². The first kappa shape index (κ1) is 13.3. The van der Waals surface area contributed by atoms with Crippen LogP contribution in [-0.4, -0.2) is 13.2 Å². The summed E-state index contributed by atoms with van der Waals surface area (Å²) in [5, 5.41) is 0.750. The largest absolute Gasteiger partial charge is 0.492 e. The Morgan fingerprint density at radius 3 is 2.19 bits per heavy atom. The Morgan fingerprint density at radius 1 is 1.25 bits per heavy atom. The number of benzene rings is 1. The molecule has 1 aromatic rings. The molecule has 1 aromatic carbocycles. The van der Waals surface area contributed by atoms with Gasteiger partial charge in [0.1, 0.15) is 5.75 Å². The van der Waals surface area contributed by atoms with Crippen LogP contribution in [0.4, 0.5) is 0 Å². The molecule has 0 heterocycles. The van der Waals surface area contributed by atoms with Crippen molar-refractivity contribution in [3.8, 4) is 5.75 Å². The third-order valence-corrected chi connectivity index (χ3v) is 2.80. The molecule has 0 atom stereocenters. The number of hydrogen-bond donors (Lipinski definition) is 1. The van der Waals surface area contributed by atoms with Crippen LogP contribution < -0.4 is 10.5 Å². The highest BCUT2D eigenvalue weighted by molar-refractivity contribution is 6.30. The highest BCUT2D eigenvalue weighted by Gasteiger charge is 2.17. The van der Waals surface area contributed by atoms with Crippen LogP contribution >= 0.6 is 11.6 Å². The molecule has 2 nitrogen and oxygen atoms in total. The second kappa shape index (κ2) is 5.07. The average molecular weight is 242 g/mol. The van der Waals surface area contributed by atoms with Crippen molar-refractivity contribution in [2.45, 2.75) is 27.7 Å². The molecule has 0 bridgehead atoms. The SMILES string of the molecule is Cc1cc(Cl)cc(C)c1OCC(C)(C)CN. The summed E-state index contributed by atoms with van der Waals surface area (Å²) in [4.78, 5) is 0. The van der Waals surface area contributed by atoms with Gasteiger partial charge in [0.15, 0.2) is 0 Å². The number of halogens is 1. The van der Waals surface area contributed by atoms with Crippen molar-refractivity contribution in [1.29, 1.82) is 0 Å². The molecule has 0 spiro atoms. The second-order valence-corrected chi connectivity index (χ2v) is 5.46. The van der Waals surface area contributed by atoms with Gasteiger partial charge in [-0.05, 0) is 37.1 Å². The summed E-state index contributed by atoms with van der Waals surface area (Å²) >= 11 is 5.96. The molecule has 0 amide bonds. The van der Waals surface area contributed by atoms with Crippen molar-refractivity contribution in [2.75, 3.05) is 13.2 Å². The van der Waals surface area contributed by atoms with E-state index in [0.717, 1.165) is 21.9 Å². The van der Waals surface area contributed by atoms with E-state index in [1.807, 2.05) is 26.0 Å². The van der Waals surface area contributed by atoms with Gasteiger partial charge in [-0.2, -0.15) is 0 Å². The van der Waals surface area contributed by atoms with Gasteiger partial charge in [0.2, 0.25) is 0 Å². The third kappa shape index (κ3) is 3.39. The van der Waals surface area contributed by atoms with Crippen LogP contribution in [0.3, 0.4) is 0 Å². The topological polar surface area (TPSA) is 35.2 Å². The van der Waals surface area contributed by atoms with Gasteiger partial charge in [0.25, 0.3) is 0 Å². The van der Waals surface area contributed by atoms with Crippen LogP contribution in [0, 0.1) is 19.3 Å². The zero-order chi connectivity index (χ0) is 12.3. The highest BCUT2D eigenvalue weighted by Crippen LogP contribution is 2.28. The van der Waals surface area contributed by atoms with Crippen LogP contribution in [-0.2, 0) is 0 Å². The Kier molecular flexibility index (Phi) is 4.22. The van der Waals surface area contributed by atoms with E-state index in [-0.39, 0.29) is 5.41 Å². The molecule has 0 aliphatic carbocycles. The molecule has 3 heteroatoms. The fourth-order valence-electron chi connectivity index (χ4n) is 1.45. The van der Waals surface area contributed by atoms with Crippen molar-refractivity contribution in [1.82, 2.24) is 0 Å². The van der Waals surface area contributed by atoms with Crippen LogP contribution in [0.25, 0.3) is 0 Å². The molecule has 0 radical (unpaired) electrons. The molecule has 0 aliphatic heterocycles. The number of ether oxygens (including phenoxy) is 1. The number of hydrogen-bond acceptors (Lipinski definition) is 2. The molecule has 1 rings (SSSR count). The van der Waals surface area contributed by atoms with Gasteiger partial charge in [-0.25, -0.2) is 0 Å². The van der Waals surface area contributed by atoms with Crippen molar-refractivity contribution in [2.24, 2.45) is 11.1 Å². The summed E-state index contributed by atoms with van der Waals surface area (Å²) in [7, 11) is 0. The Labute approximate surface area is 103 Å². The minimum absolute atomic E-state index is 0.00147. The first-order valence-electron chi connectivity index (χ1n) is 5.45. The Hall–Kier alpha value is -0.730. The summed E-state index contributed by atoms with van der Waals surface area (Å²) < 4.78 is 5.84. The van der Waals surface area contributed by atoms with E-state index < -0.39 is 0 Å². The molecule has 0 aliphatic rings. The molecule has 16 heavy (non-hydrogen) atoms. The van der Waals surface area contributed by atoms with E-state index >= 15 is 0 Å². The number of nitrogens with two attached hydrogens (primary N) is 1. The van der Waals surface area contributed by atoms with E-state index in [1.54, 1.807) is 0 Å². The average Bonchev–Trinajstić information content (AvgIpc) is 2.16. The van der Waals surface area contributed by atoms with Gasteiger partial charge in [0.05, 0.1) is 6.61 Å². The van der Waals surface area contributed by atoms with E-state index in [1.165, 1.54) is 0 Å². The normalized spacial score (nSPS) is 11.6. The smallest absolute Gasteiger partial charge is 0.125 e. The minimum atomic E-state index is -0.00147. The van der Waals surface area contributed by atoms with Crippen molar-refractivity contribution in [3.63, 3.8) is 0 Å². The van der Waals surface area contributed by atoms with Gasteiger partial charge in [-0.1, -0.05) is 25.4 Å². The standard InChI is InChI=1S/C13H20ClNO/c1-9-5-11(14)6-10(2)12(9)16-8-13(3,4)7-15/h5-6H,7-8,15H2,1-4H3. The van der Waals surface area contributed by atoms with E-state index in [4.69, 9.17) is 22.1 Å². The molecule has 0 fully saturated rings. The predicted octanol–water partition coefficient (Wildman–Crippen LogP) is 3.32. The molecular weight excluding hydrogens is 222 g/mol. The van der Waals surface area contributed by atoms with Crippen LogP contribution in [0.1, 0.15) is 25.0 Å². The van der Waals surface area contributed by atoms with Crippen LogP contribution in [0.15, 0.2) is 12.1 Å². The van der Waals surface area contributed by atoms with Crippen molar-refractivity contribution < 1.29 is 4.74 Å². The molecular formula is C13H20ClNO. The van der Waals surface area contributed by atoms with Crippen molar-refractivity contribution >= 4 is 11.6 Å². The summed E-state index contributed by atoms with van der Waals surface area (Å²) in [6.07, 6.45) is 0. The Morgan fingerprint density at radius 2 is 1.75 bits per heavy atom. The lowest BCUT2D eigenvalue weighted by Crippen LogP contribution is -2.30. The fraction of sp³-hybridized carbons (Fsp3) is 0.538. The molecule has 0 saturated heterocycles. The lowest BCUT2D eigenvalue weighted by Gasteiger charge is -2.24. The first-order valence-corrected chi connectivity index (χ1v) is 5.83. The van der Waals surface area contributed by atoms with Gasteiger partial charge in [0, 0.05) is 17.0 Å². The van der Waals surface area contributed by atoms with E-state index in [0.29, 0.717) is 13.2 Å². The molecule has 2 N–H and O–H groups in total. The quantitative estimate of drug-likeness (QED) is 0.878. The maximum atomic E-state index is 5.96. The molecule has 0 aromatic heterocycles. The number of aryl methyl sites for hydroxylation is 2. The summed E-state index contributed by atoms with van der Waals surface area (Å²) in [6, 6.07) is 3.83. The molecule has 0 saturated carbocycles.